The van der Waals surface area contributed by atoms with Crippen molar-refractivity contribution >= 4 is 27.5 Å². The number of hydrogen-bond acceptors (Lipinski definition) is 5. The van der Waals surface area contributed by atoms with Crippen molar-refractivity contribution in [2.45, 2.75) is 58.1 Å². The van der Waals surface area contributed by atoms with Crippen LogP contribution in [0, 0.1) is 13.8 Å². The molecule has 2 amide bonds. The molecule has 9 heteroatoms. The lowest BCUT2D eigenvalue weighted by molar-refractivity contribution is -0.139. The summed E-state index contributed by atoms with van der Waals surface area (Å²) in [6, 6.07) is 19.6. The van der Waals surface area contributed by atoms with Crippen molar-refractivity contribution in [3.8, 4) is 5.75 Å². The van der Waals surface area contributed by atoms with Crippen LogP contribution in [0.15, 0.2) is 77.7 Å². The summed E-state index contributed by atoms with van der Waals surface area (Å²) in [6.45, 7) is 8.65. The molecule has 0 saturated carbocycles. The molecule has 1 atom stereocenters. The minimum Gasteiger partial charge on any atom is -0.497 e. The number of carbonyl (C=O) groups excluding carboxylic acids is 2. The van der Waals surface area contributed by atoms with E-state index in [2.05, 4.69) is 5.32 Å². The Labute approximate surface area is 231 Å². The van der Waals surface area contributed by atoms with Crippen LogP contribution in [0.1, 0.15) is 37.5 Å². The molecule has 1 unspecified atom stereocenters. The molecule has 3 aromatic carbocycles. The van der Waals surface area contributed by atoms with E-state index in [-0.39, 0.29) is 23.4 Å². The highest BCUT2D eigenvalue weighted by Crippen LogP contribution is 2.29. The summed E-state index contributed by atoms with van der Waals surface area (Å²) in [4.78, 5) is 28.5. The topological polar surface area (TPSA) is 96.0 Å². The van der Waals surface area contributed by atoms with Crippen LogP contribution in [0.2, 0.25) is 0 Å². The fourth-order valence-corrected chi connectivity index (χ4v) is 5.69. The molecule has 0 aliphatic heterocycles. The van der Waals surface area contributed by atoms with Gasteiger partial charge >= 0.3 is 0 Å². The van der Waals surface area contributed by atoms with E-state index < -0.39 is 28.5 Å². The lowest BCUT2D eigenvalue weighted by Gasteiger charge is -2.33. The average Bonchev–Trinajstić information content (AvgIpc) is 2.91. The molecule has 8 nitrogen and oxygen atoms in total. The van der Waals surface area contributed by atoms with Crippen molar-refractivity contribution < 1.29 is 22.7 Å². The second-order valence-electron chi connectivity index (χ2n) is 9.76. The van der Waals surface area contributed by atoms with E-state index in [9.17, 15) is 18.0 Å². The Morgan fingerprint density at radius 2 is 1.59 bits per heavy atom. The number of methoxy groups -OCH3 is 1. The van der Waals surface area contributed by atoms with Gasteiger partial charge in [0.05, 0.1) is 17.7 Å². The zero-order valence-corrected chi connectivity index (χ0v) is 24.2. The molecule has 0 aromatic heterocycles. The number of sulfonamides is 1. The molecule has 39 heavy (non-hydrogen) atoms. The summed E-state index contributed by atoms with van der Waals surface area (Å²) in [5.41, 5.74) is 2.80. The molecule has 0 bridgehead atoms. The largest absolute Gasteiger partial charge is 0.497 e. The third-order valence-electron chi connectivity index (χ3n) is 6.54. The third-order valence-corrected chi connectivity index (χ3v) is 8.31. The fraction of sp³-hybridized carbons (Fsp3) is 0.333. The smallest absolute Gasteiger partial charge is 0.264 e. The highest BCUT2D eigenvalue weighted by Gasteiger charge is 2.33. The van der Waals surface area contributed by atoms with Crippen LogP contribution >= 0.6 is 0 Å². The predicted molar refractivity (Wildman–Crippen MR) is 153 cm³/mol. The van der Waals surface area contributed by atoms with Crippen molar-refractivity contribution in [3.05, 3.63) is 89.5 Å². The van der Waals surface area contributed by atoms with E-state index in [1.54, 1.807) is 62.6 Å². The van der Waals surface area contributed by atoms with Gasteiger partial charge in [0.25, 0.3) is 10.0 Å². The Kier molecular flexibility index (Phi) is 9.75. The molecule has 1 N–H and O–H groups in total. The van der Waals surface area contributed by atoms with Gasteiger partial charge in [0, 0.05) is 12.6 Å². The van der Waals surface area contributed by atoms with E-state index in [0.717, 1.165) is 21.0 Å². The van der Waals surface area contributed by atoms with E-state index in [1.807, 2.05) is 39.8 Å². The number of rotatable bonds is 11. The third kappa shape index (κ3) is 7.17. The minimum absolute atomic E-state index is 0.0728. The maximum atomic E-state index is 14.0. The molecule has 0 heterocycles. The maximum absolute atomic E-state index is 14.0. The van der Waals surface area contributed by atoms with Gasteiger partial charge in [-0.2, -0.15) is 0 Å². The molecule has 0 aliphatic rings. The Hall–Kier alpha value is -3.85. The monoisotopic (exact) mass is 551 g/mol. The first-order chi connectivity index (χ1) is 18.4. The standard InChI is InChI=1S/C30H37N3O5S/c1-21(2)31-30(35)24(5)32(19-25-13-11-14-26(18-25)38-6)29(34)20-33(28-17-10-12-22(3)23(28)4)39(36,37)27-15-8-7-9-16-27/h7-18,21,24H,19-20H2,1-6H3,(H,31,35). The van der Waals surface area contributed by atoms with Gasteiger partial charge in [-0.05, 0) is 81.6 Å². The highest BCUT2D eigenvalue weighted by atomic mass is 32.2. The van der Waals surface area contributed by atoms with Crippen LogP contribution in [0.3, 0.4) is 0 Å². The number of ether oxygens (including phenoxy) is 1. The molecular formula is C30H37N3O5S. The van der Waals surface area contributed by atoms with Crippen LogP contribution in [0.25, 0.3) is 0 Å². The first-order valence-electron chi connectivity index (χ1n) is 12.8. The zero-order chi connectivity index (χ0) is 28.7. The number of amides is 2. The molecular weight excluding hydrogens is 514 g/mol. The van der Waals surface area contributed by atoms with Crippen molar-refractivity contribution in [1.29, 1.82) is 0 Å². The van der Waals surface area contributed by atoms with Crippen molar-refractivity contribution in [1.82, 2.24) is 10.2 Å². The number of aryl methyl sites for hydroxylation is 1. The van der Waals surface area contributed by atoms with Crippen molar-refractivity contribution in [2.24, 2.45) is 0 Å². The molecule has 3 rings (SSSR count). The van der Waals surface area contributed by atoms with Crippen molar-refractivity contribution in [2.75, 3.05) is 18.0 Å². The maximum Gasteiger partial charge on any atom is 0.264 e. The van der Waals surface area contributed by atoms with Gasteiger partial charge in [0.1, 0.15) is 18.3 Å². The Morgan fingerprint density at radius 1 is 0.923 bits per heavy atom. The molecule has 0 spiro atoms. The normalized spacial score (nSPS) is 12.1. The first-order valence-corrected chi connectivity index (χ1v) is 14.3. The molecule has 0 aliphatic carbocycles. The number of carbonyl (C=O) groups is 2. The number of hydrogen-bond donors (Lipinski definition) is 1. The SMILES string of the molecule is COc1cccc(CN(C(=O)CN(c2cccc(C)c2C)S(=O)(=O)c2ccccc2)C(C)C(=O)NC(C)C)c1. The van der Waals surface area contributed by atoms with Crippen LogP contribution in [0.5, 0.6) is 5.75 Å². The number of benzene rings is 3. The Bertz CT molecular complexity index is 1410. The van der Waals surface area contributed by atoms with Crippen LogP contribution < -0.4 is 14.4 Å². The molecule has 208 valence electrons. The number of nitrogens with zero attached hydrogens (tertiary/aromatic N) is 2. The number of nitrogens with one attached hydrogen (secondary N) is 1. The van der Waals surface area contributed by atoms with E-state index >= 15 is 0 Å². The summed E-state index contributed by atoms with van der Waals surface area (Å²) in [5.74, 6) is -0.224. The van der Waals surface area contributed by atoms with E-state index in [1.165, 1.54) is 17.0 Å². The quantitative estimate of drug-likeness (QED) is 0.380. The second kappa shape index (κ2) is 12.8. The average molecular weight is 552 g/mol. The summed E-state index contributed by atoms with van der Waals surface area (Å²) < 4.78 is 34.3. The minimum atomic E-state index is -4.11. The molecule has 0 fully saturated rings. The summed E-state index contributed by atoms with van der Waals surface area (Å²) in [7, 11) is -2.55. The summed E-state index contributed by atoms with van der Waals surface area (Å²) in [5, 5.41) is 2.85. The summed E-state index contributed by atoms with van der Waals surface area (Å²) >= 11 is 0. The van der Waals surface area contributed by atoms with Crippen molar-refractivity contribution in [3.63, 3.8) is 0 Å². The molecule has 0 saturated heterocycles. The van der Waals surface area contributed by atoms with Gasteiger partial charge in [0.2, 0.25) is 11.8 Å². The van der Waals surface area contributed by atoms with Gasteiger partial charge in [0.15, 0.2) is 0 Å². The second-order valence-corrected chi connectivity index (χ2v) is 11.6. The number of anilines is 1. The Balaban J connectivity index is 2.07. The predicted octanol–water partition coefficient (Wildman–Crippen LogP) is 4.45. The van der Waals surface area contributed by atoms with E-state index in [0.29, 0.717) is 11.4 Å². The van der Waals surface area contributed by atoms with Crippen LogP contribution in [0.4, 0.5) is 5.69 Å². The fourth-order valence-electron chi connectivity index (χ4n) is 4.19. The van der Waals surface area contributed by atoms with Gasteiger partial charge in [-0.25, -0.2) is 8.42 Å². The zero-order valence-electron chi connectivity index (χ0n) is 23.3. The van der Waals surface area contributed by atoms with Crippen LogP contribution in [-0.2, 0) is 26.2 Å². The van der Waals surface area contributed by atoms with Crippen LogP contribution in [-0.4, -0.2) is 50.9 Å². The molecule has 0 radical (unpaired) electrons. The summed E-state index contributed by atoms with van der Waals surface area (Å²) in [6.07, 6.45) is 0. The highest BCUT2D eigenvalue weighted by molar-refractivity contribution is 7.92. The van der Waals surface area contributed by atoms with Gasteiger partial charge in [-0.15, -0.1) is 0 Å². The van der Waals surface area contributed by atoms with Gasteiger partial charge in [-0.1, -0.05) is 42.5 Å². The molecule has 3 aromatic rings. The van der Waals surface area contributed by atoms with E-state index in [4.69, 9.17) is 4.74 Å². The lowest BCUT2D eigenvalue weighted by Crippen LogP contribution is -2.52. The lowest BCUT2D eigenvalue weighted by atomic mass is 10.1. The Morgan fingerprint density at radius 3 is 2.23 bits per heavy atom. The van der Waals surface area contributed by atoms with Gasteiger partial charge < -0.3 is 15.0 Å². The van der Waals surface area contributed by atoms with Gasteiger partial charge in [-0.3, -0.25) is 13.9 Å². The first kappa shape index (κ1) is 29.7.